The molecule has 1 fully saturated rings. The number of hydrogen-bond donors (Lipinski definition) is 2. The van der Waals surface area contributed by atoms with E-state index in [0.717, 1.165) is 12.8 Å². The van der Waals surface area contributed by atoms with Gasteiger partial charge in [0.2, 0.25) is 0 Å². The van der Waals surface area contributed by atoms with E-state index in [2.05, 4.69) is 5.32 Å². The fraction of sp³-hybridized carbons (Fsp3) is 0.429. The first-order valence-electron chi connectivity index (χ1n) is 6.30. The van der Waals surface area contributed by atoms with Crippen LogP contribution in [0.15, 0.2) is 24.3 Å². The van der Waals surface area contributed by atoms with E-state index in [9.17, 15) is 14.7 Å². The van der Waals surface area contributed by atoms with E-state index in [1.54, 1.807) is 24.3 Å². The molecular formula is C14H15NO3. The van der Waals surface area contributed by atoms with Crippen molar-refractivity contribution in [3.05, 3.63) is 29.8 Å². The molecule has 0 saturated heterocycles. The largest absolute Gasteiger partial charge is 0.375 e. The highest BCUT2D eigenvalue weighted by atomic mass is 16.3. The van der Waals surface area contributed by atoms with Gasteiger partial charge in [0.25, 0.3) is 5.91 Å². The number of ketones is 1. The average molecular weight is 245 g/mol. The molecule has 0 bridgehead atoms. The Morgan fingerprint density at radius 1 is 1.22 bits per heavy atom. The highest BCUT2D eigenvalue weighted by Crippen LogP contribution is 2.44. The second-order valence-electron chi connectivity index (χ2n) is 5.03. The molecule has 1 aliphatic heterocycles. The van der Waals surface area contributed by atoms with Gasteiger partial charge in [0.1, 0.15) is 5.78 Å². The van der Waals surface area contributed by atoms with Gasteiger partial charge in [-0.15, -0.1) is 0 Å². The minimum atomic E-state index is -1.67. The summed E-state index contributed by atoms with van der Waals surface area (Å²) in [4.78, 5) is 24.1. The number of nitrogens with one attached hydrogen (secondary N) is 1. The Morgan fingerprint density at radius 3 is 2.78 bits per heavy atom. The van der Waals surface area contributed by atoms with E-state index in [1.807, 2.05) is 0 Å². The Labute approximate surface area is 105 Å². The number of fused-ring (bicyclic) bond motifs is 1. The van der Waals surface area contributed by atoms with Crippen molar-refractivity contribution in [3.63, 3.8) is 0 Å². The van der Waals surface area contributed by atoms with Crippen LogP contribution in [-0.4, -0.2) is 16.8 Å². The third-order valence-corrected chi connectivity index (χ3v) is 3.99. The van der Waals surface area contributed by atoms with E-state index in [-0.39, 0.29) is 5.78 Å². The lowest BCUT2D eigenvalue weighted by Crippen LogP contribution is -2.46. The van der Waals surface area contributed by atoms with Crippen LogP contribution >= 0.6 is 0 Å². The molecule has 2 aliphatic rings. The Balaban J connectivity index is 2.08. The van der Waals surface area contributed by atoms with Crippen molar-refractivity contribution in [1.82, 2.24) is 0 Å². The van der Waals surface area contributed by atoms with Gasteiger partial charge < -0.3 is 10.4 Å². The summed E-state index contributed by atoms with van der Waals surface area (Å²) in [5.74, 6) is -1.07. The van der Waals surface area contributed by atoms with Gasteiger partial charge in [-0.2, -0.15) is 0 Å². The van der Waals surface area contributed by atoms with Crippen LogP contribution in [-0.2, 0) is 15.2 Å². The van der Waals surface area contributed by atoms with Crippen molar-refractivity contribution in [2.45, 2.75) is 31.3 Å². The molecule has 2 atom stereocenters. The summed E-state index contributed by atoms with van der Waals surface area (Å²) < 4.78 is 0. The van der Waals surface area contributed by atoms with Gasteiger partial charge in [-0.25, -0.2) is 0 Å². The van der Waals surface area contributed by atoms with Gasteiger partial charge in [-0.05, 0) is 18.9 Å². The van der Waals surface area contributed by atoms with Crippen LogP contribution < -0.4 is 5.32 Å². The molecule has 1 aliphatic carbocycles. The molecule has 4 heteroatoms. The topological polar surface area (TPSA) is 66.4 Å². The van der Waals surface area contributed by atoms with Crippen LogP contribution in [0.5, 0.6) is 0 Å². The fourth-order valence-corrected chi connectivity index (χ4v) is 3.04. The predicted molar refractivity (Wildman–Crippen MR) is 65.9 cm³/mol. The monoisotopic (exact) mass is 245 g/mol. The Morgan fingerprint density at radius 2 is 2.00 bits per heavy atom. The van der Waals surface area contributed by atoms with Crippen LogP contribution in [0.3, 0.4) is 0 Å². The average Bonchev–Trinajstić information content (AvgIpc) is 2.63. The van der Waals surface area contributed by atoms with Crippen LogP contribution in [0.2, 0.25) is 0 Å². The third-order valence-electron chi connectivity index (χ3n) is 3.99. The molecule has 1 heterocycles. The molecule has 4 nitrogen and oxygen atoms in total. The molecule has 1 saturated carbocycles. The number of Topliss-reactive ketones (excluding diaryl/α,β-unsaturated/α-hetero) is 1. The lowest BCUT2D eigenvalue weighted by atomic mass is 9.73. The minimum absolute atomic E-state index is 0.00407. The molecule has 1 aromatic rings. The number of aliphatic hydroxyl groups is 1. The number of benzene rings is 1. The third kappa shape index (κ3) is 1.42. The molecule has 3 rings (SSSR count). The number of carbonyl (C=O) groups is 2. The summed E-state index contributed by atoms with van der Waals surface area (Å²) >= 11 is 0. The zero-order valence-corrected chi connectivity index (χ0v) is 9.98. The van der Waals surface area contributed by atoms with Gasteiger partial charge in [-0.3, -0.25) is 9.59 Å². The van der Waals surface area contributed by atoms with Crippen LogP contribution in [0, 0.1) is 5.92 Å². The van der Waals surface area contributed by atoms with E-state index in [0.29, 0.717) is 24.1 Å². The second-order valence-corrected chi connectivity index (χ2v) is 5.03. The van der Waals surface area contributed by atoms with E-state index in [1.165, 1.54) is 0 Å². The van der Waals surface area contributed by atoms with Crippen LogP contribution in [0.4, 0.5) is 5.69 Å². The highest BCUT2D eigenvalue weighted by Gasteiger charge is 2.53. The van der Waals surface area contributed by atoms with Crippen molar-refractivity contribution >= 4 is 17.4 Å². The molecule has 1 aromatic carbocycles. The summed E-state index contributed by atoms with van der Waals surface area (Å²) in [5, 5.41) is 13.4. The number of amides is 1. The normalized spacial score (nSPS) is 31.1. The number of hydrogen-bond acceptors (Lipinski definition) is 3. The van der Waals surface area contributed by atoms with Crippen molar-refractivity contribution < 1.29 is 14.7 Å². The first kappa shape index (κ1) is 11.4. The molecule has 2 N–H and O–H groups in total. The first-order valence-corrected chi connectivity index (χ1v) is 6.30. The number of anilines is 1. The molecular weight excluding hydrogens is 230 g/mol. The number of para-hydroxylation sites is 1. The van der Waals surface area contributed by atoms with E-state index < -0.39 is 17.4 Å². The van der Waals surface area contributed by atoms with Crippen LogP contribution in [0.1, 0.15) is 31.2 Å². The smallest absolute Gasteiger partial charge is 0.261 e. The maximum Gasteiger partial charge on any atom is 0.261 e. The zero-order valence-electron chi connectivity index (χ0n) is 9.98. The summed E-state index contributed by atoms with van der Waals surface area (Å²) in [6.45, 7) is 0. The summed E-state index contributed by atoms with van der Waals surface area (Å²) in [5.41, 5.74) is -0.521. The molecule has 0 aromatic heterocycles. The van der Waals surface area contributed by atoms with E-state index >= 15 is 0 Å². The van der Waals surface area contributed by atoms with Crippen molar-refractivity contribution in [2.75, 3.05) is 5.32 Å². The van der Waals surface area contributed by atoms with Gasteiger partial charge >= 0.3 is 0 Å². The molecule has 1 amide bonds. The van der Waals surface area contributed by atoms with Gasteiger partial charge in [0.05, 0.1) is 5.92 Å². The Hall–Kier alpha value is -1.68. The lowest BCUT2D eigenvalue weighted by Gasteiger charge is -2.32. The molecule has 94 valence electrons. The Bertz CT molecular complexity index is 526. The fourth-order valence-electron chi connectivity index (χ4n) is 3.04. The number of carbonyl (C=O) groups excluding carboxylic acids is 2. The Kier molecular flexibility index (Phi) is 2.48. The van der Waals surface area contributed by atoms with Gasteiger partial charge in [0.15, 0.2) is 5.60 Å². The minimum Gasteiger partial charge on any atom is -0.375 e. The van der Waals surface area contributed by atoms with Crippen molar-refractivity contribution in [1.29, 1.82) is 0 Å². The maximum atomic E-state index is 12.1. The van der Waals surface area contributed by atoms with E-state index in [4.69, 9.17) is 0 Å². The van der Waals surface area contributed by atoms with Crippen molar-refractivity contribution in [3.8, 4) is 0 Å². The SMILES string of the molecule is O=C1CCCCC1[C@@]1(O)C(=O)Nc2ccccc21. The van der Waals surface area contributed by atoms with Crippen LogP contribution in [0.25, 0.3) is 0 Å². The molecule has 1 unspecified atom stereocenters. The molecule has 18 heavy (non-hydrogen) atoms. The summed E-state index contributed by atoms with van der Waals surface area (Å²) in [6, 6.07) is 7.04. The predicted octanol–water partition coefficient (Wildman–Crippen LogP) is 1.59. The van der Waals surface area contributed by atoms with Gasteiger partial charge in [-0.1, -0.05) is 24.6 Å². The summed E-state index contributed by atoms with van der Waals surface area (Å²) in [7, 11) is 0. The number of rotatable bonds is 1. The molecule has 0 radical (unpaired) electrons. The maximum absolute atomic E-state index is 12.1. The highest BCUT2D eigenvalue weighted by molar-refractivity contribution is 6.07. The lowest BCUT2D eigenvalue weighted by molar-refractivity contribution is -0.150. The van der Waals surface area contributed by atoms with Crippen molar-refractivity contribution in [2.24, 2.45) is 5.92 Å². The molecule has 0 spiro atoms. The zero-order chi connectivity index (χ0) is 12.8. The second kappa shape index (κ2) is 3.92. The first-order chi connectivity index (χ1) is 8.64. The summed E-state index contributed by atoms with van der Waals surface area (Å²) in [6.07, 6.45) is 2.78. The quantitative estimate of drug-likeness (QED) is 0.789. The standard InChI is InChI=1S/C14H15NO3/c16-12-8-4-2-6-10(12)14(18)9-5-1-3-7-11(9)15-13(14)17/h1,3,5,7,10,18H,2,4,6,8H2,(H,15,17)/t10?,14-/m1/s1. The van der Waals surface area contributed by atoms with Gasteiger partial charge in [0, 0.05) is 17.7 Å².